The van der Waals surface area contributed by atoms with Crippen LogP contribution in [0.15, 0.2) is 10.9 Å². The maximum Gasteiger partial charge on any atom is 0.253 e. The number of ether oxygens (including phenoxy) is 1. The van der Waals surface area contributed by atoms with E-state index in [1.165, 1.54) is 50.1 Å². The van der Waals surface area contributed by atoms with E-state index in [0.717, 1.165) is 39.7 Å². The van der Waals surface area contributed by atoms with Gasteiger partial charge in [-0.15, -0.1) is 10.3 Å². The molecule has 2 aromatic rings. The second-order valence-electron chi connectivity index (χ2n) is 9.46. The quantitative estimate of drug-likeness (QED) is 0.580. The van der Waals surface area contributed by atoms with Crippen LogP contribution in [0.2, 0.25) is 0 Å². The van der Waals surface area contributed by atoms with Crippen LogP contribution in [0.5, 0.6) is 0 Å². The number of thiophene rings is 1. The third kappa shape index (κ3) is 6.28. The Hall–Kier alpha value is -0.856. The van der Waals surface area contributed by atoms with E-state index in [9.17, 15) is 9.59 Å². The molecule has 2 aromatic heterocycles. The summed E-state index contributed by atoms with van der Waals surface area (Å²) in [6, 6.07) is 2.81. The number of rotatable bonds is 4. The van der Waals surface area contributed by atoms with E-state index < -0.39 is 0 Å². The van der Waals surface area contributed by atoms with Crippen molar-refractivity contribution < 1.29 is 42.2 Å². The van der Waals surface area contributed by atoms with Crippen molar-refractivity contribution in [1.29, 1.82) is 0 Å². The van der Waals surface area contributed by atoms with Crippen molar-refractivity contribution in [2.75, 3.05) is 26.7 Å². The van der Waals surface area contributed by atoms with Gasteiger partial charge in [-0.25, -0.2) is 0 Å². The van der Waals surface area contributed by atoms with Crippen molar-refractivity contribution in [2.45, 2.75) is 71.6 Å². The fourth-order valence-electron chi connectivity index (χ4n) is 5.01. The minimum atomic E-state index is -0.0975. The Balaban J connectivity index is 0.000000212. The zero-order valence-electron chi connectivity index (χ0n) is 20.8. The molecule has 4 heterocycles. The number of amides is 1. The molecule has 3 aliphatic rings. The third-order valence-corrected chi connectivity index (χ3v) is 8.13. The molecule has 1 radical (unpaired) electrons. The molecule has 6 nitrogen and oxygen atoms in total. The number of aromatic amines is 1. The maximum atomic E-state index is 12.6. The first-order valence-corrected chi connectivity index (χ1v) is 12.8. The topological polar surface area (TPSA) is 65.6 Å². The molecule has 2 aliphatic heterocycles. The molecular formula is C26H35N3O3SY-2. The Labute approximate surface area is 232 Å². The SMILES string of the molecule is COC1CN(C2CC[CH-]CC2)C1.Cc1cc(C)c(CN2CCc3s[c-]c(C)c3C2=O)c(=O)[nH]1.[Y]. The normalized spacial score (nSPS) is 19.1. The number of carbonyl (C=O) groups is 1. The molecule has 1 amide bonds. The summed E-state index contributed by atoms with van der Waals surface area (Å²) in [7, 11) is 1.82. The second-order valence-corrected chi connectivity index (χ2v) is 10.4. The number of fused-ring (bicyclic) bond motifs is 1. The number of nitrogens with zero attached hydrogens (tertiary/aromatic N) is 2. The van der Waals surface area contributed by atoms with Gasteiger partial charge in [0, 0.05) is 76.8 Å². The van der Waals surface area contributed by atoms with Gasteiger partial charge in [-0.1, -0.05) is 31.7 Å². The minimum absolute atomic E-state index is 0. The Bertz CT molecular complexity index is 1040. The van der Waals surface area contributed by atoms with Crippen molar-refractivity contribution in [1.82, 2.24) is 14.8 Å². The number of methoxy groups -OCH3 is 1. The monoisotopic (exact) mass is 558 g/mol. The van der Waals surface area contributed by atoms with Crippen molar-refractivity contribution in [2.24, 2.45) is 0 Å². The Morgan fingerprint density at radius 1 is 1.21 bits per heavy atom. The van der Waals surface area contributed by atoms with Gasteiger partial charge in [0.1, 0.15) is 0 Å². The molecule has 0 atom stereocenters. The van der Waals surface area contributed by atoms with Crippen LogP contribution in [0, 0.1) is 32.6 Å². The first-order chi connectivity index (χ1) is 15.9. The summed E-state index contributed by atoms with van der Waals surface area (Å²) < 4.78 is 5.26. The minimum Gasteiger partial charge on any atom is -0.379 e. The number of aromatic nitrogens is 1. The van der Waals surface area contributed by atoms with Gasteiger partial charge < -0.3 is 21.0 Å². The van der Waals surface area contributed by atoms with Crippen LogP contribution < -0.4 is 5.56 Å². The summed E-state index contributed by atoms with van der Waals surface area (Å²) in [5, 5.41) is 3.15. The van der Waals surface area contributed by atoms with Gasteiger partial charge in [-0.3, -0.25) is 25.8 Å². The van der Waals surface area contributed by atoms with Gasteiger partial charge in [-0.05, 0) is 25.5 Å². The van der Waals surface area contributed by atoms with Crippen LogP contribution in [0.1, 0.15) is 63.3 Å². The number of H-pyrrole nitrogens is 1. The third-order valence-electron chi connectivity index (χ3n) is 7.07. The van der Waals surface area contributed by atoms with Crippen LogP contribution in [0.4, 0.5) is 0 Å². The van der Waals surface area contributed by atoms with E-state index in [2.05, 4.69) is 21.7 Å². The molecule has 8 heteroatoms. The van der Waals surface area contributed by atoms with Crippen LogP contribution in [0.3, 0.4) is 0 Å². The van der Waals surface area contributed by atoms with E-state index in [1.54, 1.807) is 4.90 Å². The molecule has 2 fully saturated rings. The predicted molar refractivity (Wildman–Crippen MR) is 132 cm³/mol. The summed E-state index contributed by atoms with van der Waals surface area (Å²) in [6.07, 6.45) is 9.17. The molecule has 0 bridgehead atoms. The van der Waals surface area contributed by atoms with Crippen LogP contribution in [-0.4, -0.2) is 59.6 Å². The molecule has 1 saturated heterocycles. The van der Waals surface area contributed by atoms with Crippen LogP contribution in [-0.2, 0) is 50.4 Å². The number of pyridine rings is 1. The molecule has 0 unspecified atom stereocenters. The van der Waals surface area contributed by atoms with Gasteiger partial charge in [0.25, 0.3) is 5.56 Å². The molecule has 0 spiro atoms. The average molecular weight is 559 g/mol. The summed E-state index contributed by atoms with van der Waals surface area (Å²) in [5.41, 5.74) is 4.06. The van der Waals surface area contributed by atoms with Crippen LogP contribution >= 0.6 is 11.3 Å². The van der Waals surface area contributed by atoms with Gasteiger partial charge >= 0.3 is 0 Å². The first kappa shape index (κ1) is 27.7. The molecule has 34 heavy (non-hydrogen) atoms. The van der Waals surface area contributed by atoms with Gasteiger partial charge in [-0.2, -0.15) is 18.4 Å². The molecular weight excluding hydrogens is 523 g/mol. The van der Waals surface area contributed by atoms with Crippen molar-refractivity contribution in [3.05, 3.63) is 61.0 Å². The number of hydrogen-bond acceptors (Lipinski definition) is 5. The van der Waals surface area contributed by atoms with E-state index in [0.29, 0.717) is 24.8 Å². The maximum absolute atomic E-state index is 12.6. The summed E-state index contributed by atoms with van der Waals surface area (Å²) in [4.78, 5) is 33.0. The van der Waals surface area contributed by atoms with Crippen molar-refractivity contribution >= 4 is 17.2 Å². The molecule has 1 N–H and O–H groups in total. The fraction of sp³-hybridized carbons (Fsp3) is 0.577. The molecule has 1 saturated carbocycles. The van der Waals surface area contributed by atoms with Gasteiger partial charge in [0.15, 0.2) is 5.91 Å². The summed E-state index contributed by atoms with van der Waals surface area (Å²) >= 11 is 1.53. The van der Waals surface area contributed by atoms with Gasteiger partial charge in [0.2, 0.25) is 0 Å². The van der Waals surface area contributed by atoms with Crippen LogP contribution in [0.25, 0.3) is 0 Å². The number of hydrogen-bond donors (Lipinski definition) is 1. The summed E-state index contributed by atoms with van der Waals surface area (Å²) in [6.45, 7) is 9.06. The average Bonchev–Trinajstić information content (AvgIpc) is 3.14. The van der Waals surface area contributed by atoms with Crippen molar-refractivity contribution in [3.63, 3.8) is 0 Å². The molecule has 183 valence electrons. The zero-order chi connectivity index (χ0) is 23.5. The first-order valence-electron chi connectivity index (χ1n) is 11.9. The predicted octanol–water partition coefficient (Wildman–Crippen LogP) is 3.82. The Kier molecular flexibility index (Phi) is 10.1. The summed E-state index contributed by atoms with van der Waals surface area (Å²) in [5.74, 6) is 0.0191. The van der Waals surface area contributed by atoms with Crippen molar-refractivity contribution in [3.8, 4) is 0 Å². The zero-order valence-corrected chi connectivity index (χ0v) is 24.4. The van der Waals surface area contributed by atoms with E-state index in [1.807, 2.05) is 33.9 Å². The van der Waals surface area contributed by atoms with E-state index in [4.69, 9.17) is 4.74 Å². The largest absolute Gasteiger partial charge is 0.379 e. The number of aryl methyl sites for hydroxylation is 3. The number of nitrogens with one attached hydrogen (secondary N) is 1. The fourth-order valence-corrected chi connectivity index (χ4v) is 5.93. The number of carbonyl (C=O) groups excluding carboxylic acids is 1. The Morgan fingerprint density at radius 3 is 2.56 bits per heavy atom. The standard InChI is InChI=1S/C16H17N2O2S.C10H18NO.Y/c1-9-6-11(3)17-15(19)12(9)7-18-5-4-13-14(16(18)20)10(2)8-21-13;1-12-10-7-11(8-10)9-5-3-2-4-6-9;/h6H,4-5,7H2,1-3H3,(H,17,19);2,9-10H,3-8H2,1H3;/q2*-1;. The molecule has 1 aliphatic carbocycles. The molecule has 0 aromatic carbocycles. The number of likely N-dealkylation sites (tertiary alicyclic amines) is 1. The van der Waals surface area contributed by atoms with E-state index in [-0.39, 0.29) is 44.2 Å². The van der Waals surface area contributed by atoms with Gasteiger partial charge in [0.05, 0.1) is 12.6 Å². The van der Waals surface area contributed by atoms with E-state index >= 15 is 0 Å². The second kappa shape index (κ2) is 12.4. The smallest absolute Gasteiger partial charge is 0.253 e. The molecule has 5 rings (SSSR count). The Morgan fingerprint density at radius 2 is 1.91 bits per heavy atom.